The van der Waals surface area contributed by atoms with Gasteiger partial charge in [0.25, 0.3) is 0 Å². The van der Waals surface area contributed by atoms with Gasteiger partial charge in [-0.05, 0) is 13.8 Å². The molecule has 0 aliphatic carbocycles. The minimum Gasteiger partial charge on any atom is -0.288 e. The summed E-state index contributed by atoms with van der Waals surface area (Å²) < 4.78 is 0. The van der Waals surface area contributed by atoms with Crippen molar-refractivity contribution < 1.29 is 0 Å². The van der Waals surface area contributed by atoms with E-state index in [0.29, 0.717) is 10.4 Å². The molecule has 0 aromatic heterocycles. The van der Waals surface area contributed by atoms with E-state index in [2.05, 4.69) is 0 Å². The molecule has 1 aromatic carbocycles. The second kappa shape index (κ2) is 2.21. The van der Waals surface area contributed by atoms with Crippen LogP contribution in [-0.2, 0) is 0 Å². The summed E-state index contributed by atoms with van der Waals surface area (Å²) in [6, 6.07) is 0. The van der Waals surface area contributed by atoms with E-state index in [1.54, 1.807) is 26.0 Å². The fourth-order valence-corrected chi connectivity index (χ4v) is 0.958. The van der Waals surface area contributed by atoms with Crippen molar-refractivity contribution in [3.8, 4) is 0 Å². The molecule has 0 saturated carbocycles. The summed E-state index contributed by atoms with van der Waals surface area (Å²) in [4.78, 5) is 21.8. The Kier molecular flexibility index (Phi) is 1.53. The van der Waals surface area contributed by atoms with Crippen LogP contribution in [0.1, 0.15) is 13.8 Å². The minimum absolute atomic E-state index is 0.116. The zero-order valence-corrected chi connectivity index (χ0v) is 5.97. The number of hydrogen-bond donors (Lipinski definition) is 0. The average molecular weight is 136 g/mol. The summed E-state index contributed by atoms with van der Waals surface area (Å²) in [6.07, 6.45) is 3.11. The van der Waals surface area contributed by atoms with Crippen molar-refractivity contribution in [3.05, 3.63) is 30.9 Å². The fourth-order valence-electron chi connectivity index (χ4n) is 0.958. The number of rotatable bonds is 0. The van der Waals surface area contributed by atoms with Gasteiger partial charge >= 0.3 is 0 Å². The third kappa shape index (κ3) is 0.652. The van der Waals surface area contributed by atoms with Crippen LogP contribution in [0.15, 0.2) is 9.59 Å². The third-order valence-electron chi connectivity index (χ3n) is 1.56. The van der Waals surface area contributed by atoms with Gasteiger partial charge in [-0.25, -0.2) is 0 Å². The first-order valence-corrected chi connectivity index (χ1v) is 3.14. The molecule has 0 aliphatic rings. The van der Waals surface area contributed by atoms with Crippen molar-refractivity contribution in [1.82, 2.24) is 0 Å². The van der Waals surface area contributed by atoms with E-state index in [1.165, 1.54) is 0 Å². The minimum atomic E-state index is -0.116. The summed E-state index contributed by atoms with van der Waals surface area (Å²) in [6.45, 7) is 3.38. The fraction of sp³-hybridized carbons (Fsp3) is 0.250. The van der Waals surface area contributed by atoms with Gasteiger partial charge in [0.15, 0.2) is 10.9 Å². The van der Waals surface area contributed by atoms with Gasteiger partial charge in [0.1, 0.15) is 0 Å². The van der Waals surface area contributed by atoms with Crippen molar-refractivity contribution in [2.24, 2.45) is 0 Å². The van der Waals surface area contributed by atoms with Crippen molar-refractivity contribution in [1.29, 1.82) is 0 Å². The molecule has 0 atom stereocenters. The maximum atomic E-state index is 10.9. The quantitative estimate of drug-likeness (QED) is 0.453. The monoisotopic (exact) mass is 136 g/mol. The molecule has 0 N–H and O–H groups in total. The molecule has 52 valence electrons. The van der Waals surface area contributed by atoms with Gasteiger partial charge in [0.05, 0.1) is 10.4 Å². The molecule has 0 amide bonds. The Balaban J connectivity index is 3.77. The molecule has 0 aliphatic heterocycles. The van der Waals surface area contributed by atoms with Crippen LogP contribution < -0.4 is 21.3 Å². The maximum absolute atomic E-state index is 10.9. The van der Waals surface area contributed by atoms with E-state index in [0.717, 1.165) is 0 Å². The van der Waals surface area contributed by atoms with Gasteiger partial charge in [-0.15, -0.1) is 0 Å². The molecule has 2 nitrogen and oxygen atoms in total. The summed E-state index contributed by atoms with van der Waals surface area (Å²) in [7, 11) is 0. The Morgan fingerprint density at radius 3 is 1.40 bits per heavy atom. The van der Waals surface area contributed by atoms with Crippen molar-refractivity contribution >= 4 is 12.2 Å². The second-order valence-electron chi connectivity index (χ2n) is 2.06. The summed E-state index contributed by atoms with van der Waals surface area (Å²) in [5.41, 5.74) is -0.231. The summed E-state index contributed by atoms with van der Waals surface area (Å²) in [5, 5.41) is 0.654. The first-order valence-electron chi connectivity index (χ1n) is 3.14. The van der Waals surface area contributed by atoms with Crippen LogP contribution in [-0.4, -0.2) is 0 Å². The zero-order valence-electron chi connectivity index (χ0n) is 5.97. The molecule has 0 bridgehead atoms. The Hall–Kier alpha value is -1.18. The molecule has 0 unspecified atom stereocenters. The molecular formula is C8H8O2. The van der Waals surface area contributed by atoms with Crippen LogP contribution in [0.4, 0.5) is 0 Å². The second-order valence-corrected chi connectivity index (χ2v) is 2.06. The van der Waals surface area contributed by atoms with E-state index in [4.69, 9.17) is 0 Å². The highest BCUT2D eigenvalue weighted by Crippen LogP contribution is 1.52. The molecule has 0 radical (unpaired) electrons. The smallest absolute Gasteiger partial charge is 0.200 e. The van der Waals surface area contributed by atoms with Crippen LogP contribution in [0.2, 0.25) is 0 Å². The largest absolute Gasteiger partial charge is 0.288 e. The summed E-state index contributed by atoms with van der Waals surface area (Å²) >= 11 is 0. The van der Waals surface area contributed by atoms with Crippen molar-refractivity contribution in [3.63, 3.8) is 0 Å². The van der Waals surface area contributed by atoms with Crippen LogP contribution in [0, 0.1) is 0 Å². The van der Waals surface area contributed by atoms with Gasteiger partial charge in [-0.2, -0.15) is 0 Å². The lowest BCUT2D eigenvalue weighted by Gasteiger charge is -1.86. The van der Waals surface area contributed by atoms with Crippen LogP contribution >= 0.6 is 0 Å². The molecular weight excluding hydrogens is 128 g/mol. The molecule has 1 aromatic rings. The first-order chi connectivity index (χ1) is 4.72. The lowest BCUT2D eigenvalue weighted by molar-refractivity contribution is 1.26. The molecule has 10 heavy (non-hydrogen) atoms. The van der Waals surface area contributed by atoms with E-state index in [1.807, 2.05) is 0 Å². The average Bonchev–Trinajstić information content (AvgIpc) is 1.90. The zero-order chi connectivity index (χ0) is 7.72. The highest BCUT2D eigenvalue weighted by Gasteiger charge is 2.03. The highest BCUT2D eigenvalue weighted by molar-refractivity contribution is 5.30. The topological polar surface area (TPSA) is 34.1 Å². The standard InChI is InChI=1S/C8H8O2/c1-3-5-7(9)6(4-2)8(5)10/h3-4H,1-2H3. The van der Waals surface area contributed by atoms with Crippen molar-refractivity contribution in [2.75, 3.05) is 0 Å². The first kappa shape index (κ1) is 6.93. The predicted molar refractivity (Wildman–Crippen MR) is 40.9 cm³/mol. The van der Waals surface area contributed by atoms with Crippen LogP contribution in [0.3, 0.4) is 0 Å². The Bertz CT molecular complexity index is 349. The highest BCUT2D eigenvalue weighted by atomic mass is 16.1. The Labute approximate surface area is 57.8 Å². The van der Waals surface area contributed by atoms with Crippen LogP contribution in [0.25, 0.3) is 12.2 Å². The van der Waals surface area contributed by atoms with Gasteiger partial charge in [-0.3, -0.25) is 9.59 Å². The molecule has 0 saturated heterocycles. The van der Waals surface area contributed by atoms with E-state index in [9.17, 15) is 9.59 Å². The van der Waals surface area contributed by atoms with Gasteiger partial charge in [0.2, 0.25) is 0 Å². The molecule has 1 rings (SSSR count). The van der Waals surface area contributed by atoms with Crippen molar-refractivity contribution in [2.45, 2.75) is 13.8 Å². The van der Waals surface area contributed by atoms with E-state index in [-0.39, 0.29) is 10.9 Å². The number of hydrogen-bond acceptors (Lipinski definition) is 2. The Morgan fingerprint density at radius 1 is 0.900 bits per heavy atom. The Morgan fingerprint density at radius 2 is 1.20 bits per heavy atom. The predicted octanol–water partition coefficient (Wildman–Crippen LogP) is -1.12. The maximum Gasteiger partial charge on any atom is 0.200 e. The molecule has 0 fully saturated rings. The van der Waals surface area contributed by atoms with E-state index < -0.39 is 0 Å². The van der Waals surface area contributed by atoms with Crippen LogP contribution in [0.5, 0.6) is 0 Å². The van der Waals surface area contributed by atoms with Gasteiger partial charge in [0, 0.05) is 0 Å². The molecule has 2 heteroatoms. The lowest BCUT2D eigenvalue weighted by Crippen LogP contribution is -2.64. The van der Waals surface area contributed by atoms with E-state index >= 15 is 0 Å². The lowest BCUT2D eigenvalue weighted by atomic mass is 10.1. The van der Waals surface area contributed by atoms with Gasteiger partial charge < -0.3 is 0 Å². The normalized spacial score (nSPS) is 9.80. The SMILES string of the molecule is CC=c1c(=O)c(=CC)c1=O. The summed E-state index contributed by atoms with van der Waals surface area (Å²) in [5.74, 6) is 0. The third-order valence-corrected chi connectivity index (χ3v) is 1.56. The molecule has 0 heterocycles. The van der Waals surface area contributed by atoms with Gasteiger partial charge in [-0.1, -0.05) is 12.2 Å². The molecule has 0 spiro atoms.